The zero-order chi connectivity index (χ0) is 36.0. The second-order valence-corrected chi connectivity index (χ2v) is 19.9. The van der Waals surface area contributed by atoms with Gasteiger partial charge >= 0.3 is 0 Å². The van der Waals surface area contributed by atoms with Crippen LogP contribution in [0, 0.1) is 19.1 Å². The third kappa shape index (κ3) is 7.56. The molecular weight excluding hydrogens is 809 g/mol. The van der Waals surface area contributed by atoms with Gasteiger partial charge in [0.25, 0.3) is 0 Å². The van der Waals surface area contributed by atoms with Crippen LogP contribution < -0.4 is 5.19 Å². The largest absolute Gasteiger partial charge is 0.305 e. The minimum absolute atomic E-state index is 0. The zero-order valence-electron chi connectivity index (χ0n) is 31.6. The van der Waals surface area contributed by atoms with Gasteiger partial charge in [0.15, 0.2) is 0 Å². The van der Waals surface area contributed by atoms with Gasteiger partial charge in [0, 0.05) is 45.8 Å². The Kier molecular flexibility index (Phi) is 10.3. The Morgan fingerprint density at radius 1 is 0.857 bits per heavy atom. The first-order valence-electron chi connectivity index (χ1n) is 17.4. The van der Waals surface area contributed by atoms with E-state index < -0.39 is 19.9 Å². The molecule has 4 aromatic carbocycles. The molecule has 1 radical (unpaired) electrons. The molecule has 0 spiro atoms. The topological polar surface area (TPSA) is 25.8 Å². The van der Waals surface area contributed by atoms with Crippen LogP contribution in [0.4, 0.5) is 0 Å². The van der Waals surface area contributed by atoms with Crippen molar-refractivity contribution < 1.29 is 22.8 Å². The Morgan fingerprint density at radius 3 is 2.24 bits per heavy atom. The first-order chi connectivity index (χ1) is 23.6. The van der Waals surface area contributed by atoms with Crippen LogP contribution in [-0.2, 0) is 20.1 Å². The Bertz CT molecular complexity index is 2370. The van der Waals surface area contributed by atoms with Crippen LogP contribution >= 0.6 is 11.3 Å². The van der Waals surface area contributed by atoms with Crippen molar-refractivity contribution in [2.75, 3.05) is 0 Å². The molecule has 251 valence electrons. The SMILES string of the molecule is Cc1cc(-c2[c-]cccc2)ncc1[Si](C)(C)C.[2H]C(C)(C)c1cc2sc3c(-c4cc(C([2H])(C)C(=C)C)ccn4)[c-]ccc3c2c2ccccc12.[Ir]. The van der Waals surface area contributed by atoms with E-state index in [2.05, 4.69) is 104 Å². The molecule has 1 unspecified atom stereocenters. The van der Waals surface area contributed by atoms with E-state index in [0.29, 0.717) is 0 Å². The summed E-state index contributed by atoms with van der Waals surface area (Å²) >= 11 is 1.73. The van der Waals surface area contributed by atoms with E-state index in [4.69, 9.17) is 2.74 Å². The van der Waals surface area contributed by atoms with Gasteiger partial charge in [0.05, 0.1) is 8.07 Å². The van der Waals surface area contributed by atoms with Gasteiger partial charge in [-0.2, -0.15) is 11.3 Å². The minimum atomic E-state index is -1.27. The van der Waals surface area contributed by atoms with Gasteiger partial charge in [-0.15, -0.1) is 59.7 Å². The maximum atomic E-state index is 8.75. The molecule has 5 heteroatoms. The standard InChI is InChI=1S/C29H26NS.C15H18NSi.Ir/c1-17(2)19(5)20-13-14-30-26(15-20)23-11-8-12-24-28-22-10-7-6-9-21(22)25(18(3)4)16-27(28)31-29(23)24;1-12-10-14(13-8-6-5-7-9-13)16-11-15(12)17(2,3)4;/h6-10,12-16,18-19H,1H2,2-5H3;5-8,10-11H,1-4H3;/q2*-1;/i18D,19D;;. The van der Waals surface area contributed by atoms with E-state index in [1.165, 1.54) is 31.6 Å². The van der Waals surface area contributed by atoms with Crippen LogP contribution in [0.3, 0.4) is 0 Å². The third-order valence-electron chi connectivity index (χ3n) is 8.97. The molecule has 0 bridgehead atoms. The summed E-state index contributed by atoms with van der Waals surface area (Å²) in [6, 6.07) is 35.4. The molecule has 3 heterocycles. The Morgan fingerprint density at radius 2 is 1.59 bits per heavy atom. The van der Waals surface area contributed by atoms with E-state index >= 15 is 0 Å². The third-order valence-corrected chi connectivity index (χ3v) is 12.3. The van der Waals surface area contributed by atoms with Crippen molar-refractivity contribution in [2.24, 2.45) is 0 Å². The molecule has 49 heavy (non-hydrogen) atoms. The summed E-state index contributed by atoms with van der Waals surface area (Å²) in [5, 5.41) is 6.14. The second-order valence-electron chi connectivity index (χ2n) is 13.8. The monoisotopic (exact) mass is 855 g/mol. The number of aromatic nitrogens is 2. The summed E-state index contributed by atoms with van der Waals surface area (Å²) in [4.78, 5) is 9.23. The Hall–Kier alpha value is -3.73. The van der Waals surface area contributed by atoms with E-state index in [0.717, 1.165) is 49.3 Å². The van der Waals surface area contributed by atoms with E-state index in [9.17, 15) is 0 Å². The molecule has 3 aromatic heterocycles. The van der Waals surface area contributed by atoms with Gasteiger partial charge in [-0.25, -0.2) is 0 Å². The van der Waals surface area contributed by atoms with Crippen molar-refractivity contribution in [1.29, 1.82) is 0 Å². The Balaban J connectivity index is 0.000000237. The van der Waals surface area contributed by atoms with Gasteiger partial charge in [0.2, 0.25) is 0 Å². The molecular formula is C44H44IrN2SSi-2. The predicted octanol–water partition coefficient (Wildman–Crippen LogP) is 12.3. The number of allylic oxidation sites excluding steroid dienone is 1. The molecule has 7 rings (SSSR count). The van der Waals surface area contributed by atoms with Crippen molar-refractivity contribution in [1.82, 2.24) is 9.97 Å². The number of aryl methyl sites for hydroxylation is 1. The first-order valence-corrected chi connectivity index (χ1v) is 20.8. The summed E-state index contributed by atoms with van der Waals surface area (Å²) < 4.78 is 19.8. The van der Waals surface area contributed by atoms with Crippen molar-refractivity contribution in [3.05, 3.63) is 138 Å². The van der Waals surface area contributed by atoms with E-state index in [1.807, 2.05) is 70.2 Å². The predicted molar refractivity (Wildman–Crippen MR) is 212 cm³/mol. The molecule has 2 nitrogen and oxygen atoms in total. The van der Waals surface area contributed by atoms with Crippen LogP contribution in [0.15, 0.2) is 109 Å². The fraction of sp³-hybridized carbons (Fsp3) is 0.227. The molecule has 0 amide bonds. The molecule has 0 aliphatic heterocycles. The number of pyridine rings is 2. The molecule has 7 aromatic rings. The summed E-state index contributed by atoms with van der Waals surface area (Å²) in [5.74, 6) is -1.58. The number of thiophene rings is 1. The smallest absolute Gasteiger partial charge is 0.0798 e. The average Bonchev–Trinajstić information content (AvgIpc) is 3.47. The average molecular weight is 855 g/mol. The van der Waals surface area contributed by atoms with Gasteiger partial charge in [0.1, 0.15) is 0 Å². The molecule has 0 saturated carbocycles. The summed E-state index contributed by atoms with van der Waals surface area (Å²) in [6.07, 6.45) is 3.83. The number of rotatable bonds is 6. The normalized spacial score (nSPS) is 13.6. The Labute approximate surface area is 313 Å². The van der Waals surface area contributed by atoms with E-state index in [-0.39, 0.29) is 20.1 Å². The van der Waals surface area contributed by atoms with E-state index in [1.54, 1.807) is 17.5 Å². The quantitative estimate of drug-likeness (QED) is 0.0946. The first kappa shape index (κ1) is 33.7. The van der Waals surface area contributed by atoms with Crippen molar-refractivity contribution >= 4 is 55.5 Å². The number of hydrogen-bond donors (Lipinski definition) is 0. The van der Waals surface area contributed by atoms with Crippen molar-refractivity contribution in [2.45, 2.75) is 66.0 Å². The zero-order valence-corrected chi connectivity index (χ0v) is 33.8. The number of benzene rings is 4. The molecule has 1 atom stereocenters. The fourth-order valence-corrected chi connectivity index (χ4v) is 9.27. The number of hydrogen-bond acceptors (Lipinski definition) is 3. The maximum absolute atomic E-state index is 8.75. The molecule has 0 saturated heterocycles. The summed E-state index contributed by atoms with van der Waals surface area (Å²) in [6.45, 7) is 20.9. The van der Waals surface area contributed by atoms with Gasteiger partial charge in [-0.3, -0.25) is 0 Å². The van der Waals surface area contributed by atoms with Crippen molar-refractivity contribution in [3.8, 4) is 22.5 Å². The second kappa shape index (κ2) is 15.0. The van der Waals surface area contributed by atoms with Crippen LogP contribution in [0.2, 0.25) is 19.6 Å². The maximum Gasteiger partial charge on any atom is 0.0798 e. The van der Waals surface area contributed by atoms with Crippen molar-refractivity contribution in [3.63, 3.8) is 0 Å². The van der Waals surface area contributed by atoms with Crippen LogP contribution in [0.5, 0.6) is 0 Å². The molecule has 0 aliphatic carbocycles. The van der Waals surface area contributed by atoms with Crippen LogP contribution in [0.25, 0.3) is 53.5 Å². The summed E-state index contributed by atoms with van der Waals surface area (Å²) in [7, 11) is -1.27. The fourth-order valence-electron chi connectivity index (χ4n) is 6.30. The van der Waals surface area contributed by atoms with Crippen LogP contribution in [0.1, 0.15) is 58.9 Å². The van der Waals surface area contributed by atoms with Gasteiger partial charge in [-0.1, -0.05) is 99.9 Å². The minimum Gasteiger partial charge on any atom is -0.305 e. The van der Waals surface area contributed by atoms with Gasteiger partial charge < -0.3 is 9.97 Å². The van der Waals surface area contributed by atoms with Crippen LogP contribution in [-0.4, -0.2) is 18.0 Å². The van der Waals surface area contributed by atoms with Gasteiger partial charge in [-0.05, 0) is 80.4 Å². The molecule has 0 aliphatic rings. The molecule has 0 fully saturated rings. The number of fused-ring (bicyclic) bond motifs is 5. The summed E-state index contributed by atoms with van der Waals surface area (Å²) in [5.41, 5.74) is 7.90. The number of nitrogens with zero attached hydrogens (tertiary/aromatic N) is 2. The molecule has 0 N–H and O–H groups in total.